The van der Waals surface area contributed by atoms with Gasteiger partial charge in [0.2, 0.25) is 0 Å². The Bertz CT molecular complexity index is 453. The number of halogens is 1. The van der Waals surface area contributed by atoms with Crippen molar-refractivity contribution in [1.29, 1.82) is 0 Å². The monoisotopic (exact) mass is 359 g/mol. The molecule has 0 fully saturated rings. The van der Waals surface area contributed by atoms with Crippen molar-refractivity contribution in [1.82, 2.24) is 4.90 Å². The standard InChI is InChI=1S/C15H22BrNO2S/c1-11(7-8-20-4)17(2)10-14(18)12-5-6-15(19-3)13(16)9-12/h5-6,9,11H,7-8,10H2,1-4H3. The molecule has 0 radical (unpaired) electrons. The maximum Gasteiger partial charge on any atom is 0.176 e. The summed E-state index contributed by atoms with van der Waals surface area (Å²) in [6, 6.07) is 5.86. The number of thioether (sulfide) groups is 1. The first-order valence-electron chi connectivity index (χ1n) is 6.55. The van der Waals surface area contributed by atoms with E-state index in [1.54, 1.807) is 7.11 Å². The fourth-order valence-corrected chi connectivity index (χ4v) is 2.94. The molecule has 112 valence electrons. The summed E-state index contributed by atoms with van der Waals surface area (Å²) in [7, 11) is 3.62. The van der Waals surface area contributed by atoms with Crippen molar-refractivity contribution in [2.45, 2.75) is 19.4 Å². The smallest absolute Gasteiger partial charge is 0.176 e. The van der Waals surface area contributed by atoms with Gasteiger partial charge in [0.05, 0.1) is 18.1 Å². The summed E-state index contributed by atoms with van der Waals surface area (Å²) in [4.78, 5) is 14.4. The Hall–Kier alpha value is -0.520. The van der Waals surface area contributed by atoms with Crippen LogP contribution in [0.3, 0.4) is 0 Å². The van der Waals surface area contributed by atoms with Crippen LogP contribution in [0.2, 0.25) is 0 Å². The van der Waals surface area contributed by atoms with E-state index in [0.29, 0.717) is 18.2 Å². The molecule has 0 aliphatic rings. The zero-order valence-electron chi connectivity index (χ0n) is 12.5. The number of benzene rings is 1. The lowest BCUT2D eigenvalue weighted by Crippen LogP contribution is -2.34. The largest absolute Gasteiger partial charge is 0.496 e. The number of nitrogens with zero attached hydrogens (tertiary/aromatic N) is 1. The van der Waals surface area contributed by atoms with Gasteiger partial charge in [-0.1, -0.05) is 0 Å². The van der Waals surface area contributed by atoms with E-state index in [1.807, 2.05) is 37.0 Å². The van der Waals surface area contributed by atoms with E-state index in [2.05, 4.69) is 34.0 Å². The molecule has 0 heterocycles. The van der Waals surface area contributed by atoms with Crippen LogP contribution in [0.25, 0.3) is 0 Å². The zero-order chi connectivity index (χ0) is 15.1. The molecule has 0 spiro atoms. The number of hydrogen-bond donors (Lipinski definition) is 0. The summed E-state index contributed by atoms with van der Waals surface area (Å²) in [6.07, 6.45) is 3.20. The third-order valence-corrected chi connectivity index (χ3v) is 4.62. The second kappa shape index (κ2) is 8.70. The van der Waals surface area contributed by atoms with Gasteiger partial charge < -0.3 is 4.74 Å². The van der Waals surface area contributed by atoms with E-state index >= 15 is 0 Å². The average molecular weight is 360 g/mol. The second-order valence-corrected chi connectivity index (χ2v) is 6.66. The summed E-state index contributed by atoms with van der Waals surface area (Å²) in [5.41, 5.74) is 0.710. The molecular formula is C15H22BrNO2S. The maximum atomic E-state index is 12.3. The third kappa shape index (κ3) is 5.11. The predicted octanol–water partition coefficient (Wildman–Crippen LogP) is 3.71. The van der Waals surface area contributed by atoms with Gasteiger partial charge in [0.1, 0.15) is 5.75 Å². The van der Waals surface area contributed by atoms with E-state index in [1.165, 1.54) is 0 Å². The molecule has 0 saturated carbocycles. The zero-order valence-corrected chi connectivity index (χ0v) is 14.9. The van der Waals surface area contributed by atoms with Crippen molar-refractivity contribution in [2.75, 3.05) is 32.7 Å². The summed E-state index contributed by atoms with van der Waals surface area (Å²) in [6.45, 7) is 2.60. The Balaban J connectivity index is 2.64. The lowest BCUT2D eigenvalue weighted by Gasteiger charge is -2.23. The normalized spacial score (nSPS) is 12.5. The van der Waals surface area contributed by atoms with Gasteiger partial charge in [-0.2, -0.15) is 11.8 Å². The first-order valence-corrected chi connectivity index (χ1v) is 8.74. The molecule has 0 bridgehead atoms. The van der Waals surface area contributed by atoms with Crippen LogP contribution in [0, 0.1) is 0 Å². The molecule has 0 aliphatic heterocycles. The molecule has 1 aromatic carbocycles. The Kier molecular flexibility index (Phi) is 7.62. The summed E-state index contributed by atoms with van der Waals surface area (Å²) >= 11 is 5.25. The quantitative estimate of drug-likeness (QED) is 0.661. The van der Waals surface area contributed by atoms with E-state index in [4.69, 9.17) is 4.74 Å². The average Bonchev–Trinajstić information content (AvgIpc) is 2.44. The van der Waals surface area contributed by atoms with Gasteiger partial charge in [-0.25, -0.2) is 0 Å². The van der Waals surface area contributed by atoms with Gasteiger partial charge in [-0.15, -0.1) is 0 Å². The van der Waals surface area contributed by atoms with E-state index in [9.17, 15) is 4.79 Å². The summed E-state index contributed by atoms with van der Waals surface area (Å²) < 4.78 is 5.98. The minimum absolute atomic E-state index is 0.131. The van der Waals surface area contributed by atoms with Crippen molar-refractivity contribution in [3.05, 3.63) is 28.2 Å². The molecule has 1 atom stereocenters. The molecule has 1 rings (SSSR count). The number of methoxy groups -OCH3 is 1. The Morgan fingerprint density at radius 1 is 1.50 bits per heavy atom. The highest BCUT2D eigenvalue weighted by Crippen LogP contribution is 2.25. The van der Waals surface area contributed by atoms with Gasteiger partial charge in [0, 0.05) is 11.6 Å². The van der Waals surface area contributed by atoms with E-state index < -0.39 is 0 Å². The van der Waals surface area contributed by atoms with Crippen LogP contribution in [0.4, 0.5) is 0 Å². The molecule has 1 unspecified atom stereocenters. The fourth-order valence-electron chi connectivity index (χ4n) is 1.82. The minimum atomic E-state index is 0.131. The van der Waals surface area contributed by atoms with Crippen LogP contribution in [0.5, 0.6) is 5.75 Å². The van der Waals surface area contributed by atoms with Crippen LogP contribution >= 0.6 is 27.7 Å². The maximum absolute atomic E-state index is 12.3. The molecular weight excluding hydrogens is 338 g/mol. The van der Waals surface area contributed by atoms with Gasteiger partial charge >= 0.3 is 0 Å². The van der Waals surface area contributed by atoms with Crippen molar-refractivity contribution < 1.29 is 9.53 Å². The number of likely N-dealkylation sites (N-methyl/N-ethyl adjacent to an activating group) is 1. The van der Waals surface area contributed by atoms with Gasteiger partial charge in [0.25, 0.3) is 0 Å². The van der Waals surface area contributed by atoms with Crippen molar-refractivity contribution in [3.63, 3.8) is 0 Å². The first kappa shape index (κ1) is 17.5. The topological polar surface area (TPSA) is 29.5 Å². The van der Waals surface area contributed by atoms with E-state index in [0.717, 1.165) is 22.4 Å². The first-order chi connectivity index (χ1) is 9.49. The Morgan fingerprint density at radius 3 is 2.75 bits per heavy atom. The summed E-state index contributed by atoms with van der Waals surface area (Å²) in [5, 5.41) is 0. The van der Waals surface area contributed by atoms with Gasteiger partial charge in [-0.3, -0.25) is 9.69 Å². The predicted molar refractivity (Wildman–Crippen MR) is 90.1 cm³/mol. The molecule has 0 aromatic heterocycles. The minimum Gasteiger partial charge on any atom is -0.496 e. The number of Topliss-reactive ketones (excluding diaryl/α,β-unsaturated/α-hetero) is 1. The number of carbonyl (C=O) groups excluding carboxylic acids is 1. The number of rotatable bonds is 8. The highest BCUT2D eigenvalue weighted by molar-refractivity contribution is 9.10. The number of ether oxygens (including phenoxy) is 1. The fraction of sp³-hybridized carbons (Fsp3) is 0.533. The molecule has 3 nitrogen and oxygen atoms in total. The van der Waals surface area contributed by atoms with Gasteiger partial charge in [-0.05, 0) is 66.5 Å². The Morgan fingerprint density at radius 2 is 2.20 bits per heavy atom. The van der Waals surface area contributed by atoms with Gasteiger partial charge in [0.15, 0.2) is 5.78 Å². The molecule has 0 N–H and O–H groups in total. The molecule has 0 aliphatic carbocycles. The van der Waals surface area contributed by atoms with Crippen LogP contribution in [-0.4, -0.2) is 49.4 Å². The number of ketones is 1. The van der Waals surface area contributed by atoms with Crippen LogP contribution in [0.1, 0.15) is 23.7 Å². The summed E-state index contributed by atoms with van der Waals surface area (Å²) in [5.74, 6) is 1.99. The number of hydrogen-bond acceptors (Lipinski definition) is 4. The van der Waals surface area contributed by atoms with Crippen LogP contribution in [-0.2, 0) is 0 Å². The highest BCUT2D eigenvalue weighted by Gasteiger charge is 2.15. The van der Waals surface area contributed by atoms with Crippen LogP contribution < -0.4 is 4.74 Å². The van der Waals surface area contributed by atoms with Crippen molar-refractivity contribution in [2.24, 2.45) is 0 Å². The lowest BCUT2D eigenvalue weighted by atomic mass is 10.1. The molecule has 5 heteroatoms. The molecule has 0 saturated heterocycles. The van der Waals surface area contributed by atoms with E-state index in [-0.39, 0.29) is 5.78 Å². The molecule has 0 amide bonds. The second-order valence-electron chi connectivity index (χ2n) is 4.82. The number of carbonyl (C=O) groups is 1. The highest BCUT2D eigenvalue weighted by atomic mass is 79.9. The van der Waals surface area contributed by atoms with Crippen LogP contribution in [0.15, 0.2) is 22.7 Å². The van der Waals surface area contributed by atoms with Crippen molar-refractivity contribution in [3.8, 4) is 5.75 Å². The van der Waals surface area contributed by atoms with Crippen molar-refractivity contribution >= 4 is 33.5 Å². The Labute approximate surface area is 134 Å². The SMILES string of the molecule is COc1ccc(C(=O)CN(C)C(C)CCSC)cc1Br. The molecule has 20 heavy (non-hydrogen) atoms. The lowest BCUT2D eigenvalue weighted by molar-refractivity contribution is 0.0923. The molecule has 1 aromatic rings. The third-order valence-electron chi connectivity index (χ3n) is 3.36.